The predicted molar refractivity (Wildman–Crippen MR) is 110 cm³/mol. The van der Waals surface area contributed by atoms with Gasteiger partial charge in [-0.15, -0.1) is 0 Å². The van der Waals surface area contributed by atoms with Crippen molar-refractivity contribution in [1.29, 1.82) is 0 Å². The van der Waals surface area contributed by atoms with Gasteiger partial charge in [0.15, 0.2) is 0 Å². The lowest BCUT2D eigenvalue weighted by atomic mass is 9.86. The molecule has 0 aliphatic carbocycles. The van der Waals surface area contributed by atoms with E-state index in [0.29, 0.717) is 18.0 Å². The summed E-state index contributed by atoms with van der Waals surface area (Å²) in [5.41, 5.74) is 2.36. The summed E-state index contributed by atoms with van der Waals surface area (Å²) >= 11 is 0. The first-order valence-corrected chi connectivity index (χ1v) is 10.1. The molecule has 3 fully saturated rings. The zero-order chi connectivity index (χ0) is 20.2. The number of carbonyl (C=O) groups excluding carboxylic acids is 1. The van der Waals surface area contributed by atoms with Crippen LogP contribution in [0.2, 0.25) is 0 Å². The first-order chi connectivity index (χ1) is 14.1. The van der Waals surface area contributed by atoms with Crippen LogP contribution in [-0.4, -0.2) is 47.8 Å². The van der Waals surface area contributed by atoms with Crippen molar-refractivity contribution in [2.24, 2.45) is 5.92 Å². The van der Waals surface area contributed by atoms with Gasteiger partial charge in [-0.05, 0) is 55.1 Å². The number of rotatable bonds is 6. The third-order valence-corrected chi connectivity index (χ3v) is 5.82. The summed E-state index contributed by atoms with van der Waals surface area (Å²) < 4.78 is 5.96. The number of aliphatic carboxylic acids is 1. The van der Waals surface area contributed by atoms with Crippen LogP contribution in [0.4, 0.5) is 10.5 Å². The van der Waals surface area contributed by atoms with Crippen LogP contribution >= 0.6 is 0 Å². The molecule has 5 rings (SSSR count). The van der Waals surface area contributed by atoms with Gasteiger partial charge in [0.25, 0.3) is 0 Å². The SMILES string of the molecule is O=C(O)Cc1cccc(CN(C(=O)O[C@H]2CN3CCC2CC3)c2ccccc2)c1. The zero-order valence-corrected chi connectivity index (χ0v) is 16.4. The molecule has 0 spiro atoms. The molecule has 0 radical (unpaired) electrons. The highest BCUT2D eigenvalue weighted by Crippen LogP contribution is 2.30. The number of amides is 1. The number of piperidine rings is 3. The molecule has 3 aliphatic rings. The second kappa shape index (κ2) is 8.66. The molecule has 6 heteroatoms. The molecule has 2 bridgehead atoms. The monoisotopic (exact) mass is 394 g/mol. The summed E-state index contributed by atoms with van der Waals surface area (Å²) in [7, 11) is 0. The summed E-state index contributed by atoms with van der Waals surface area (Å²) in [5.74, 6) is -0.427. The van der Waals surface area contributed by atoms with Gasteiger partial charge in [0.2, 0.25) is 0 Å². The molecule has 3 heterocycles. The summed E-state index contributed by atoms with van der Waals surface area (Å²) in [6.45, 7) is 3.33. The molecule has 1 atom stereocenters. The van der Waals surface area contributed by atoms with Crippen LogP contribution in [0, 0.1) is 5.92 Å². The molecule has 1 amide bonds. The average molecular weight is 394 g/mol. The molecule has 29 heavy (non-hydrogen) atoms. The summed E-state index contributed by atoms with van der Waals surface area (Å²) in [6, 6.07) is 16.8. The molecule has 2 aromatic rings. The number of benzene rings is 2. The lowest BCUT2D eigenvalue weighted by Gasteiger charge is -2.44. The third kappa shape index (κ3) is 4.77. The Balaban J connectivity index is 1.52. The number of carboxylic acids is 1. The average Bonchev–Trinajstić information content (AvgIpc) is 2.73. The summed E-state index contributed by atoms with van der Waals surface area (Å²) in [5, 5.41) is 9.05. The van der Waals surface area contributed by atoms with E-state index in [1.807, 2.05) is 48.5 Å². The van der Waals surface area contributed by atoms with E-state index in [1.165, 1.54) is 0 Å². The van der Waals surface area contributed by atoms with Crippen LogP contribution < -0.4 is 4.90 Å². The number of carbonyl (C=O) groups is 2. The van der Waals surface area contributed by atoms with Gasteiger partial charge in [-0.25, -0.2) is 4.79 Å². The minimum Gasteiger partial charge on any atom is -0.481 e. The smallest absolute Gasteiger partial charge is 0.414 e. The van der Waals surface area contributed by atoms with Gasteiger partial charge in [-0.3, -0.25) is 14.6 Å². The van der Waals surface area contributed by atoms with Gasteiger partial charge in [-0.2, -0.15) is 0 Å². The second-order valence-corrected chi connectivity index (χ2v) is 7.87. The van der Waals surface area contributed by atoms with Crippen molar-refractivity contribution in [2.45, 2.75) is 31.9 Å². The van der Waals surface area contributed by atoms with E-state index in [1.54, 1.807) is 11.0 Å². The number of para-hydroxylation sites is 1. The molecule has 0 aromatic heterocycles. The summed E-state index contributed by atoms with van der Waals surface area (Å²) in [6.07, 6.45) is 1.72. The molecule has 152 valence electrons. The number of nitrogens with zero attached hydrogens (tertiary/aromatic N) is 2. The first-order valence-electron chi connectivity index (χ1n) is 10.1. The van der Waals surface area contributed by atoms with E-state index in [4.69, 9.17) is 9.84 Å². The van der Waals surface area contributed by atoms with Gasteiger partial charge in [0, 0.05) is 12.2 Å². The van der Waals surface area contributed by atoms with Crippen molar-refractivity contribution in [3.05, 3.63) is 65.7 Å². The maximum absolute atomic E-state index is 13.1. The molecule has 0 unspecified atom stereocenters. The number of carboxylic acid groups (broad SMARTS) is 1. The van der Waals surface area contributed by atoms with Crippen molar-refractivity contribution in [2.75, 3.05) is 24.5 Å². The Morgan fingerprint density at radius 3 is 2.41 bits per heavy atom. The fraction of sp³-hybridized carbons (Fsp3) is 0.391. The zero-order valence-electron chi connectivity index (χ0n) is 16.4. The van der Waals surface area contributed by atoms with Gasteiger partial charge in [0.05, 0.1) is 13.0 Å². The highest BCUT2D eigenvalue weighted by Gasteiger charge is 2.37. The fourth-order valence-electron chi connectivity index (χ4n) is 4.30. The third-order valence-electron chi connectivity index (χ3n) is 5.82. The standard InChI is InChI=1S/C23H26N2O4/c26-22(27)14-17-5-4-6-18(13-17)15-25(20-7-2-1-3-8-20)23(28)29-21-16-24-11-9-19(21)10-12-24/h1-8,13,19,21H,9-12,14-16H2,(H,26,27)/t21-/m0/s1. The molecule has 3 saturated heterocycles. The summed E-state index contributed by atoms with van der Waals surface area (Å²) in [4.78, 5) is 28.2. The largest absolute Gasteiger partial charge is 0.481 e. The van der Waals surface area contributed by atoms with E-state index < -0.39 is 5.97 Å². The van der Waals surface area contributed by atoms with Crippen molar-refractivity contribution < 1.29 is 19.4 Å². The lowest BCUT2D eigenvalue weighted by molar-refractivity contribution is -0.136. The Morgan fingerprint density at radius 2 is 1.76 bits per heavy atom. The van der Waals surface area contributed by atoms with Crippen LogP contribution in [0.25, 0.3) is 0 Å². The molecule has 3 aliphatic heterocycles. The fourth-order valence-corrected chi connectivity index (χ4v) is 4.30. The van der Waals surface area contributed by atoms with Crippen LogP contribution in [0.15, 0.2) is 54.6 Å². The van der Waals surface area contributed by atoms with Crippen molar-refractivity contribution in [1.82, 2.24) is 4.90 Å². The van der Waals surface area contributed by atoms with Gasteiger partial charge >= 0.3 is 12.1 Å². The van der Waals surface area contributed by atoms with Gasteiger partial charge in [0.1, 0.15) is 6.10 Å². The second-order valence-electron chi connectivity index (χ2n) is 7.87. The maximum Gasteiger partial charge on any atom is 0.414 e. The minimum atomic E-state index is -0.871. The highest BCUT2D eigenvalue weighted by molar-refractivity contribution is 5.87. The number of hydrogen-bond donors (Lipinski definition) is 1. The molecular formula is C23H26N2O4. The van der Waals surface area contributed by atoms with Crippen molar-refractivity contribution in [3.8, 4) is 0 Å². The Labute approximate surface area is 170 Å². The van der Waals surface area contributed by atoms with E-state index in [0.717, 1.165) is 43.7 Å². The number of ether oxygens (including phenoxy) is 1. The number of hydrogen-bond acceptors (Lipinski definition) is 4. The number of fused-ring (bicyclic) bond motifs is 3. The Bertz CT molecular complexity index is 862. The topological polar surface area (TPSA) is 70.1 Å². The lowest BCUT2D eigenvalue weighted by Crippen LogP contribution is -2.53. The van der Waals surface area contributed by atoms with E-state index in [9.17, 15) is 9.59 Å². The van der Waals surface area contributed by atoms with Gasteiger partial charge in [-0.1, -0.05) is 42.5 Å². The minimum absolute atomic E-state index is 0.0385. The molecule has 2 aromatic carbocycles. The molecular weight excluding hydrogens is 368 g/mol. The highest BCUT2D eigenvalue weighted by atomic mass is 16.6. The maximum atomic E-state index is 13.1. The Kier molecular flexibility index (Phi) is 5.81. The van der Waals surface area contributed by atoms with Gasteiger partial charge < -0.3 is 9.84 Å². The Morgan fingerprint density at radius 1 is 1.03 bits per heavy atom. The van der Waals surface area contributed by atoms with Crippen LogP contribution in [0.5, 0.6) is 0 Å². The van der Waals surface area contributed by atoms with Crippen molar-refractivity contribution in [3.63, 3.8) is 0 Å². The van der Waals surface area contributed by atoms with E-state index in [-0.39, 0.29) is 18.6 Å². The van der Waals surface area contributed by atoms with E-state index in [2.05, 4.69) is 4.90 Å². The normalized spacial score (nSPS) is 22.8. The molecule has 0 saturated carbocycles. The van der Waals surface area contributed by atoms with Crippen LogP contribution in [0.3, 0.4) is 0 Å². The molecule has 6 nitrogen and oxygen atoms in total. The van der Waals surface area contributed by atoms with E-state index >= 15 is 0 Å². The Hall–Kier alpha value is -2.86. The van der Waals surface area contributed by atoms with Crippen LogP contribution in [0.1, 0.15) is 24.0 Å². The first kappa shape index (κ1) is 19.5. The molecule has 1 N–H and O–H groups in total. The quantitative estimate of drug-likeness (QED) is 0.811. The number of anilines is 1. The van der Waals surface area contributed by atoms with Crippen LogP contribution in [-0.2, 0) is 22.5 Å². The predicted octanol–water partition coefficient (Wildman–Crippen LogP) is 3.55. The van der Waals surface area contributed by atoms with Crippen molar-refractivity contribution >= 4 is 17.7 Å².